The topological polar surface area (TPSA) is 73.6 Å². The number of benzene rings is 1. The summed E-state index contributed by atoms with van der Waals surface area (Å²) in [6, 6.07) is 3.00. The molecule has 3 N–H and O–H groups in total. The van der Waals surface area contributed by atoms with E-state index in [4.69, 9.17) is 15.2 Å². The van der Waals surface area contributed by atoms with Crippen molar-refractivity contribution in [2.45, 2.75) is 13.0 Å². The second-order valence-corrected chi connectivity index (χ2v) is 3.68. The number of ether oxygens (including phenoxy) is 2. The molecular formula is C12H18N2O3. The Balaban J connectivity index is 3.35. The lowest BCUT2D eigenvalue weighted by Crippen LogP contribution is -2.32. The molecule has 0 aromatic heterocycles. The smallest absolute Gasteiger partial charge is 0.239 e. The van der Waals surface area contributed by atoms with Crippen LogP contribution in [0.2, 0.25) is 0 Å². The van der Waals surface area contributed by atoms with Crippen molar-refractivity contribution in [3.63, 3.8) is 0 Å². The van der Waals surface area contributed by atoms with Crippen molar-refractivity contribution in [3.8, 4) is 11.5 Å². The number of likely N-dealkylation sites (N-methyl/N-ethyl adjacent to an activating group) is 1. The second kappa shape index (κ2) is 5.54. The Kier molecular flexibility index (Phi) is 4.34. The number of carbonyl (C=O) groups excluding carboxylic acids is 1. The summed E-state index contributed by atoms with van der Waals surface area (Å²) >= 11 is 0. The number of hydrogen-bond acceptors (Lipinski definition) is 4. The van der Waals surface area contributed by atoms with Gasteiger partial charge in [-0.15, -0.1) is 0 Å². The first kappa shape index (κ1) is 13.3. The SMILES string of the molecule is CNC(C(N)=O)c1c(C)cc(OC)cc1OC. The summed E-state index contributed by atoms with van der Waals surface area (Å²) in [6.07, 6.45) is 0. The van der Waals surface area contributed by atoms with Crippen molar-refractivity contribution in [2.75, 3.05) is 21.3 Å². The van der Waals surface area contributed by atoms with Crippen LogP contribution in [-0.4, -0.2) is 27.2 Å². The maximum atomic E-state index is 11.4. The number of hydrogen-bond donors (Lipinski definition) is 2. The number of primary amides is 1. The molecule has 0 radical (unpaired) electrons. The molecule has 0 saturated heterocycles. The van der Waals surface area contributed by atoms with Gasteiger partial charge in [-0.3, -0.25) is 4.79 Å². The van der Waals surface area contributed by atoms with Crippen molar-refractivity contribution >= 4 is 5.91 Å². The van der Waals surface area contributed by atoms with Gasteiger partial charge in [-0.05, 0) is 25.6 Å². The minimum atomic E-state index is -0.573. The van der Waals surface area contributed by atoms with E-state index in [2.05, 4.69) is 5.32 Å². The molecule has 0 fully saturated rings. The highest BCUT2D eigenvalue weighted by Gasteiger charge is 2.22. The molecule has 1 aromatic carbocycles. The standard InChI is InChI=1S/C12H18N2O3/c1-7-5-8(16-3)6-9(17-4)10(7)11(14-2)12(13)15/h5-6,11,14H,1-4H3,(H2,13,15). The van der Waals surface area contributed by atoms with Gasteiger partial charge < -0.3 is 20.5 Å². The van der Waals surface area contributed by atoms with Crippen LogP contribution in [0.1, 0.15) is 17.2 Å². The van der Waals surface area contributed by atoms with E-state index < -0.39 is 11.9 Å². The number of rotatable bonds is 5. The Morgan fingerprint density at radius 2 is 2.00 bits per heavy atom. The molecule has 1 rings (SSSR count). The maximum absolute atomic E-state index is 11.4. The first-order valence-electron chi connectivity index (χ1n) is 5.24. The third-order valence-electron chi connectivity index (χ3n) is 2.64. The molecule has 0 heterocycles. The summed E-state index contributed by atoms with van der Waals surface area (Å²) in [5.74, 6) is 0.821. The molecule has 1 atom stereocenters. The van der Waals surface area contributed by atoms with Crippen molar-refractivity contribution in [2.24, 2.45) is 5.73 Å². The van der Waals surface area contributed by atoms with Crippen LogP contribution in [-0.2, 0) is 4.79 Å². The van der Waals surface area contributed by atoms with E-state index in [1.54, 1.807) is 27.3 Å². The highest BCUT2D eigenvalue weighted by molar-refractivity contribution is 5.83. The Morgan fingerprint density at radius 1 is 1.35 bits per heavy atom. The number of nitrogens with one attached hydrogen (secondary N) is 1. The molecule has 17 heavy (non-hydrogen) atoms. The summed E-state index contributed by atoms with van der Waals surface area (Å²) < 4.78 is 10.4. The van der Waals surface area contributed by atoms with Crippen molar-refractivity contribution < 1.29 is 14.3 Å². The van der Waals surface area contributed by atoms with Crippen LogP contribution < -0.4 is 20.5 Å². The van der Waals surface area contributed by atoms with Gasteiger partial charge in [-0.1, -0.05) is 0 Å². The average Bonchev–Trinajstić information content (AvgIpc) is 2.31. The highest BCUT2D eigenvalue weighted by Crippen LogP contribution is 2.32. The third-order valence-corrected chi connectivity index (χ3v) is 2.64. The van der Waals surface area contributed by atoms with E-state index in [0.29, 0.717) is 11.5 Å². The zero-order chi connectivity index (χ0) is 13.0. The normalized spacial score (nSPS) is 12.0. The monoisotopic (exact) mass is 238 g/mol. The number of methoxy groups -OCH3 is 2. The molecule has 94 valence electrons. The number of aryl methyl sites for hydroxylation is 1. The van der Waals surface area contributed by atoms with Gasteiger partial charge in [-0.25, -0.2) is 0 Å². The minimum absolute atomic E-state index is 0.445. The first-order chi connectivity index (χ1) is 8.04. The lowest BCUT2D eigenvalue weighted by molar-refractivity contribution is -0.120. The third kappa shape index (κ3) is 2.68. The molecule has 0 spiro atoms. The van der Waals surface area contributed by atoms with Gasteiger partial charge in [0.25, 0.3) is 0 Å². The van der Waals surface area contributed by atoms with Crippen molar-refractivity contribution in [3.05, 3.63) is 23.3 Å². The summed E-state index contributed by atoms with van der Waals surface area (Å²) in [5.41, 5.74) is 6.98. The van der Waals surface area contributed by atoms with Gasteiger partial charge in [0.2, 0.25) is 5.91 Å². The van der Waals surface area contributed by atoms with Crippen LogP contribution >= 0.6 is 0 Å². The van der Waals surface area contributed by atoms with Gasteiger partial charge in [0.05, 0.1) is 14.2 Å². The van der Waals surface area contributed by atoms with E-state index in [-0.39, 0.29) is 0 Å². The van der Waals surface area contributed by atoms with Crippen molar-refractivity contribution in [1.29, 1.82) is 0 Å². The van der Waals surface area contributed by atoms with Crippen LogP contribution in [0.15, 0.2) is 12.1 Å². The van der Waals surface area contributed by atoms with E-state index >= 15 is 0 Å². The highest BCUT2D eigenvalue weighted by atomic mass is 16.5. The van der Waals surface area contributed by atoms with Crippen LogP contribution in [0, 0.1) is 6.92 Å². The summed E-state index contributed by atoms with van der Waals surface area (Å²) in [5, 5.41) is 2.88. The second-order valence-electron chi connectivity index (χ2n) is 3.68. The Hall–Kier alpha value is -1.75. The van der Waals surface area contributed by atoms with Gasteiger partial charge in [0, 0.05) is 11.6 Å². The van der Waals surface area contributed by atoms with E-state index in [1.165, 1.54) is 0 Å². The van der Waals surface area contributed by atoms with Crippen molar-refractivity contribution in [1.82, 2.24) is 5.32 Å². The van der Waals surface area contributed by atoms with Crippen LogP contribution in [0.25, 0.3) is 0 Å². The first-order valence-corrected chi connectivity index (χ1v) is 5.24. The predicted octanol–water partition coefficient (Wildman–Crippen LogP) is 0.758. The summed E-state index contributed by atoms with van der Waals surface area (Å²) in [7, 11) is 4.81. The number of amides is 1. The van der Waals surface area contributed by atoms with Crippen LogP contribution in [0.5, 0.6) is 11.5 Å². The largest absolute Gasteiger partial charge is 0.497 e. The zero-order valence-electron chi connectivity index (χ0n) is 10.5. The van der Waals surface area contributed by atoms with Crippen LogP contribution in [0.4, 0.5) is 0 Å². The van der Waals surface area contributed by atoms with E-state index in [9.17, 15) is 4.79 Å². The molecule has 0 aliphatic heterocycles. The number of carbonyl (C=O) groups is 1. The lowest BCUT2D eigenvalue weighted by Gasteiger charge is -2.19. The van der Waals surface area contributed by atoms with Crippen LogP contribution in [0.3, 0.4) is 0 Å². The molecule has 0 saturated carbocycles. The Bertz CT molecular complexity index is 418. The molecule has 1 aromatic rings. The quantitative estimate of drug-likeness (QED) is 0.794. The fourth-order valence-electron chi connectivity index (χ4n) is 1.82. The Labute approximate surface area is 101 Å². The summed E-state index contributed by atoms with van der Waals surface area (Å²) in [4.78, 5) is 11.4. The molecule has 1 unspecified atom stereocenters. The van der Waals surface area contributed by atoms with E-state index in [1.807, 2.05) is 13.0 Å². The molecule has 5 nitrogen and oxygen atoms in total. The lowest BCUT2D eigenvalue weighted by atomic mass is 9.99. The van der Waals surface area contributed by atoms with Gasteiger partial charge in [0.15, 0.2) is 0 Å². The predicted molar refractivity (Wildman–Crippen MR) is 65.3 cm³/mol. The minimum Gasteiger partial charge on any atom is -0.497 e. The molecule has 0 aliphatic carbocycles. The van der Waals surface area contributed by atoms with Gasteiger partial charge in [0.1, 0.15) is 17.5 Å². The fraction of sp³-hybridized carbons (Fsp3) is 0.417. The Morgan fingerprint density at radius 3 is 2.41 bits per heavy atom. The molecule has 0 aliphatic rings. The molecule has 5 heteroatoms. The van der Waals surface area contributed by atoms with Gasteiger partial charge >= 0.3 is 0 Å². The number of nitrogens with two attached hydrogens (primary N) is 1. The van der Waals surface area contributed by atoms with E-state index in [0.717, 1.165) is 11.1 Å². The van der Waals surface area contributed by atoms with Gasteiger partial charge in [-0.2, -0.15) is 0 Å². The molecule has 1 amide bonds. The fourth-order valence-corrected chi connectivity index (χ4v) is 1.82. The molecular weight excluding hydrogens is 220 g/mol. The molecule has 0 bridgehead atoms. The summed E-state index contributed by atoms with van der Waals surface area (Å²) in [6.45, 7) is 1.88. The zero-order valence-corrected chi connectivity index (χ0v) is 10.5. The average molecular weight is 238 g/mol. The maximum Gasteiger partial charge on any atom is 0.239 e.